The molecule has 0 amide bonds. The van der Waals surface area contributed by atoms with Gasteiger partial charge >= 0.3 is 0 Å². The molecule has 3 heteroatoms. The number of para-hydroxylation sites is 1. The van der Waals surface area contributed by atoms with Crippen molar-refractivity contribution in [3.05, 3.63) is 127 Å². The average molecular weight is 460 g/mol. The van der Waals surface area contributed by atoms with Crippen LogP contribution >= 0.6 is 0 Å². The van der Waals surface area contributed by atoms with Crippen LogP contribution in [-0.2, 0) is 6.42 Å². The highest BCUT2D eigenvalue weighted by molar-refractivity contribution is 6.10. The second-order valence-corrected chi connectivity index (χ2v) is 9.46. The summed E-state index contributed by atoms with van der Waals surface area (Å²) in [5, 5.41) is 4.81. The smallest absolute Gasteiger partial charge is 0.137 e. The molecule has 0 saturated heterocycles. The van der Waals surface area contributed by atoms with Crippen LogP contribution in [0.1, 0.15) is 11.3 Å². The van der Waals surface area contributed by atoms with E-state index in [0.29, 0.717) is 0 Å². The third-order valence-electron chi connectivity index (χ3n) is 7.47. The molecule has 0 fully saturated rings. The van der Waals surface area contributed by atoms with Gasteiger partial charge in [-0.25, -0.2) is 4.98 Å². The maximum atomic E-state index is 5.21. The largest absolute Gasteiger partial charge is 0.294 e. The van der Waals surface area contributed by atoms with Gasteiger partial charge in [0, 0.05) is 39.9 Å². The van der Waals surface area contributed by atoms with E-state index >= 15 is 0 Å². The van der Waals surface area contributed by atoms with E-state index in [9.17, 15) is 0 Å². The molecule has 0 saturated carbocycles. The van der Waals surface area contributed by atoms with E-state index in [4.69, 9.17) is 9.97 Å². The van der Waals surface area contributed by atoms with E-state index in [1.807, 2.05) is 6.20 Å². The summed E-state index contributed by atoms with van der Waals surface area (Å²) in [5.74, 6) is 0.954. The average Bonchev–Trinajstić information content (AvgIpc) is 3.47. The summed E-state index contributed by atoms with van der Waals surface area (Å²) in [6, 6.07) is 38.8. The fourth-order valence-corrected chi connectivity index (χ4v) is 5.83. The first-order chi connectivity index (χ1) is 17.8. The molecule has 36 heavy (non-hydrogen) atoms. The number of pyridine rings is 2. The molecule has 8 rings (SSSR count). The monoisotopic (exact) mass is 459 g/mol. The van der Waals surface area contributed by atoms with Gasteiger partial charge < -0.3 is 0 Å². The van der Waals surface area contributed by atoms with E-state index < -0.39 is 0 Å². The maximum absolute atomic E-state index is 5.21. The van der Waals surface area contributed by atoms with Crippen LogP contribution in [0.15, 0.2) is 115 Å². The molecule has 0 atom stereocenters. The van der Waals surface area contributed by atoms with Crippen LogP contribution < -0.4 is 0 Å². The zero-order valence-electron chi connectivity index (χ0n) is 19.5. The van der Waals surface area contributed by atoms with Gasteiger partial charge in [-0.1, -0.05) is 78.9 Å². The number of hydrogen-bond acceptors (Lipinski definition) is 2. The van der Waals surface area contributed by atoms with Crippen molar-refractivity contribution in [2.45, 2.75) is 6.42 Å². The number of rotatable bonds is 2. The first-order valence-electron chi connectivity index (χ1n) is 12.3. The lowest BCUT2D eigenvalue weighted by Crippen LogP contribution is -2.00. The Morgan fingerprint density at radius 2 is 1.42 bits per heavy atom. The van der Waals surface area contributed by atoms with Crippen LogP contribution in [0.25, 0.3) is 60.8 Å². The molecule has 1 aliphatic rings. The number of aromatic nitrogens is 3. The van der Waals surface area contributed by atoms with Gasteiger partial charge in [-0.3, -0.25) is 9.55 Å². The molecule has 0 bridgehead atoms. The lowest BCUT2D eigenvalue weighted by molar-refractivity contribution is 1.03. The van der Waals surface area contributed by atoms with E-state index in [1.165, 1.54) is 38.4 Å². The van der Waals surface area contributed by atoms with Crippen molar-refractivity contribution in [1.82, 2.24) is 14.5 Å². The van der Waals surface area contributed by atoms with Crippen LogP contribution in [-0.4, -0.2) is 14.5 Å². The summed E-state index contributed by atoms with van der Waals surface area (Å²) in [6.07, 6.45) is 2.78. The molecule has 168 valence electrons. The number of nitrogens with zero attached hydrogens (tertiary/aromatic N) is 3. The Labute approximate surface area is 208 Å². The topological polar surface area (TPSA) is 30.7 Å². The van der Waals surface area contributed by atoms with Crippen molar-refractivity contribution in [1.29, 1.82) is 0 Å². The lowest BCUT2D eigenvalue weighted by Gasteiger charge is -2.11. The third kappa shape index (κ3) is 2.74. The summed E-state index contributed by atoms with van der Waals surface area (Å²) in [6.45, 7) is 0. The van der Waals surface area contributed by atoms with Crippen molar-refractivity contribution in [2.75, 3.05) is 0 Å². The van der Waals surface area contributed by atoms with E-state index in [1.54, 1.807) is 0 Å². The molecule has 3 heterocycles. The van der Waals surface area contributed by atoms with Crippen molar-refractivity contribution in [2.24, 2.45) is 0 Å². The van der Waals surface area contributed by atoms with E-state index in [2.05, 4.69) is 114 Å². The predicted octanol–water partition coefficient (Wildman–Crippen LogP) is 7.97. The predicted molar refractivity (Wildman–Crippen MR) is 148 cm³/mol. The van der Waals surface area contributed by atoms with E-state index in [0.717, 1.165) is 40.1 Å². The molecule has 0 N–H and O–H groups in total. The van der Waals surface area contributed by atoms with Crippen LogP contribution in [0.4, 0.5) is 0 Å². The standard InChI is InChI=1S/C33H21N3/c1-4-10-25-21(7-1)17-18-34-33(25)23-13-14-28-27-11-5-6-12-30(27)36(31(28)20-23)32-16-15-26-24-9-3-2-8-22(24)19-29(26)35-32/h1-18,20H,19H2. The molecule has 0 spiro atoms. The van der Waals surface area contributed by atoms with Crippen molar-refractivity contribution in [3.8, 4) is 28.2 Å². The Balaban J connectivity index is 1.39. The summed E-state index contributed by atoms with van der Waals surface area (Å²) < 4.78 is 2.31. The minimum atomic E-state index is 0.877. The fourth-order valence-electron chi connectivity index (χ4n) is 5.83. The van der Waals surface area contributed by atoms with Gasteiger partial charge in [0.2, 0.25) is 0 Å². The minimum Gasteiger partial charge on any atom is -0.294 e. The Hall–Kier alpha value is -4.76. The first kappa shape index (κ1) is 19.5. The molecule has 3 nitrogen and oxygen atoms in total. The fraction of sp³-hybridized carbons (Fsp3) is 0.0303. The molecular weight excluding hydrogens is 438 g/mol. The number of fused-ring (bicyclic) bond motifs is 7. The van der Waals surface area contributed by atoms with E-state index in [-0.39, 0.29) is 0 Å². The Morgan fingerprint density at radius 1 is 0.611 bits per heavy atom. The molecule has 4 aromatic carbocycles. The van der Waals surface area contributed by atoms with Crippen molar-refractivity contribution in [3.63, 3.8) is 0 Å². The molecule has 0 radical (unpaired) electrons. The van der Waals surface area contributed by atoms with Gasteiger partial charge in [-0.05, 0) is 46.8 Å². The van der Waals surface area contributed by atoms with Gasteiger partial charge in [0.25, 0.3) is 0 Å². The zero-order valence-corrected chi connectivity index (χ0v) is 19.5. The van der Waals surface area contributed by atoms with Crippen LogP contribution in [0.3, 0.4) is 0 Å². The Kier molecular flexibility index (Phi) is 4.00. The number of benzene rings is 4. The van der Waals surface area contributed by atoms with Crippen LogP contribution in [0.5, 0.6) is 0 Å². The van der Waals surface area contributed by atoms with Crippen molar-refractivity contribution < 1.29 is 0 Å². The van der Waals surface area contributed by atoms with Gasteiger partial charge in [0.1, 0.15) is 5.82 Å². The summed E-state index contributed by atoms with van der Waals surface area (Å²) in [7, 11) is 0. The van der Waals surface area contributed by atoms with Gasteiger partial charge in [-0.15, -0.1) is 0 Å². The molecule has 1 aliphatic carbocycles. The third-order valence-corrected chi connectivity index (χ3v) is 7.47. The first-order valence-corrected chi connectivity index (χ1v) is 12.3. The van der Waals surface area contributed by atoms with Crippen molar-refractivity contribution >= 4 is 32.6 Å². The maximum Gasteiger partial charge on any atom is 0.137 e. The van der Waals surface area contributed by atoms with Crippen LogP contribution in [0, 0.1) is 0 Å². The molecule has 0 unspecified atom stereocenters. The van der Waals surface area contributed by atoms with Gasteiger partial charge in [0.15, 0.2) is 0 Å². The quantitative estimate of drug-likeness (QED) is 0.262. The normalized spacial score (nSPS) is 12.3. The number of hydrogen-bond donors (Lipinski definition) is 0. The highest BCUT2D eigenvalue weighted by Crippen LogP contribution is 2.38. The lowest BCUT2D eigenvalue weighted by atomic mass is 10.0. The van der Waals surface area contributed by atoms with Crippen LogP contribution in [0.2, 0.25) is 0 Å². The Bertz CT molecular complexity index is 1970. The highest BCUT2D eigenvalue weighted by Gasteiger charge is 2.21. The van der Waals surface area contributed by atoms with Gasteiger partial charge in [0.05, 0.1) is 22.4 Å². The minimum absolute atomic E-state index is 0.877. The summed E-state index contributed by atoms with van der Waals surface area (Å²) >= 11 is 0. The second-order valence-electron chi connectivity index (χ2n) is 9.46. The highest BCUT2D eigenvalue weighted by atomic mass is 15.1. The molecule has 7 aromatic rings. The SMILES string of the molecule is c1ccc2c(c1)Cc1nc(-n3c4ccccc4c4ccc(-c5nccc6ccccc56)cc43)ccc1-2. The van der Waals surface area contributed by atoms with Gasteiger partial charge in [-0.2, -0.15) is 0 Å². The summed E-state index contributed by atoms with van der Waals surface area (Å²) in [5.41, 5.74) is 9.47. The molecular formula is C33H21N3. The molecule has 0 aliphatic heterocycles. The summed E-state index contributed by atoms with van der Waals surface area (Å²) in [4.78, 5) is 10.00. The Morgan fingerprint density at radius 3 is 2.39 bits per heavy atom. The second kappa shape index (κ2) is 7.37. The zero-order chi connectivity index (χ0) is 23.6. The molecule has 3 aromatic heterocycles.